The van der Waals surface area contributed by atoms with E-state index >= 15 is 0 Å². The van der Waals surface area contributed by atoms with Crippen molar-refractivity contribution in [2.24, 2.45) is 0 Å². The Labute approximate surface area is 119 Å². The van der Waals surface area contributed by atoms with Crippen LogP contribution in [0.2, 0.25) is 0 Å². The van der Waals surface area contributed by atoms with Crippen LogP contribution in [0.4, 0.5) is 10.1 Å². The molecule has 0 amide bonds. The fourth-order valence-electron chi connectivity index (χ4n) is 2.32. The second-order valence-corrected chi connectivity index (χ2v) is 5.13. The van der Waals surface area contributed by atoms with Crippen molar-refractivity contribution in [3.8, 4) is 0 Å². The van der Waals surface area contributed by atoms with Crippen LogP contribution in [0, 0.1) is 5.82 Å². The van der Waals surface area contributed by atoms with E-state index in [2.05, 4.69) is 0 Å². The molecule has 0 radical (unpaired) electrons. The van der Waals surface area contributed by atoms with Crippen molar-refractivity contribution in [1.29, 1.82) is 0 Å². The van der Waals surface area contributed by atoms with Gasteiger partial charge in [0.15, 0.2) is 0 Å². The number of benzene rings is 1. The number of rotatable bonds is 6. The molecule has 1 aromatic carbocycles. The molecule has 1 aliphatic heterocycles. The highest BCUT2D eigenvalue weighted by molar-refractivity contribution is 5.46. The zero-order valence-electron chi connectivity index (χ0n) is 11.8. The van der Waals surface area contributed by atoms with Gasteiger partial charge in [-0.2, -0.15) is 0 Å². The number of halogens is 1. The quantitative estimate of drug-likeness (QED) is 0.864. The molecule has 1 aromatic rings. The molecule has 0 aromatic heterocycles. The Morgan fingerprint density at radius 3 is 2.80 bits per heavy atom. The highest BCUT2D eigenvalue weighted by Gasteiger charge is 2.17. The van der Waals surface area contributed by atoms with E-state index in [4.69, 9.17) is 9.47 Å². The van der Waals surface area contributed by atoms with E-state index in [0.717, 1.165) is 26.1 Å². The Bertz CT molecular complexity index is 410. The molecule has 0 bridgehead atoms. The molecule has 1 N–H and O–H groups in total. The maximum Gasteiger partial charge on any atom is 0.146 e. The van der Waals surface area contributed by atoms with E-state index in [1.54, 1.807) is 30.1 Å². The smallest absolute Gasteiger partial charge is 0.146 e. The van der Waals surface area contributed by atoms with Gasteiger partial charge in [-0.1, -0.05) is 12.1 Å². The van der Waals surface area contributed by atoms with Crippen molar-refractivity contribution >= 4 is 5.69 Å². The molecule has 1 saturated heterocycles. The van der Waals surface area contributed by atoms with Crippen molar-refractivity contribution in [3.05, 3.63) is 30.1 Å². The second kappa shape index (κ2) is 7.57. The van der Waals surface area contributed by atoms with Crippen molar-refractivity contribution < 1.29 is 19.0 Å². The molecule has 2 rings (SSSR count). The summed E-state index contributed by atoms with van der Waals surface area (Å²) in [5.41, 5.74) is 0.484. The minimum absolute atomic E-state index is 0.164. The molecule has 5 heteroatoms. The van der Waals surface area contributed by atoms with E-state index < -0.39 is 6.10 Å². The lowest BCUT2D eigenvalue weighted by Crippen LogP contribution is -2.35. The number of hydrogen-bond acceptors (Lipinski definition) is 4. The van der Waals surface area contributed by atoms with Crippen molar-refractivity contribution in [1.82, 2.24) is 0 Å². The minimum atomic E-state index is -0.637. The normalized spacial score (nSPS) is 17.9. The summed E-state index contributed by atoms with van der Waals surface area (Å²) in [6, 6.07) is 6.54. The zero-order chi connectivity index (χ0) is 14.4. The number of aliphatic hydroxyl groups excluding tert-OH is 1. The van der Waals surface area contributed by atoms with E-state index in [9.17, 15) is 9.50 Å². The van der Waals surface area contributed by atoms with Crippen molar-refractivity contribution in [3.63, 3.8) is 0 Å². The first-order valence-electron chi connectivity index (χ1n) is 7.00. The average molecular weight is 283 g/mol. The highest BCUT2D eigenvalue weighted by atomic mass is 19.1. The first-order valence-corrected chi connectivity index (χ1v) is 7.00. The summed E-state index contributed by atoms with van der Waals surface area (Å²) in [5, 5.41) is 9.98. The fraction of sp³-hybridized carbons (Fsp3) is 0.600. The molecule has 4 nitrogen and oxygen atoms in total. The van der Waals surface area contributed by atoms with E-state index in [0.29, 0.717) is 12.2 Å². The Kier molecular flexibility index (Phi) is 5.76. The third-order valence-electron chi connectivity index (χ3n) is 3.44. The molecule has 1 aliphatic rings. The van der Waals surface area contributed by atoms with Crippen LogP contribution < -0.4 is 4.90 Å². The maximum atomic E-state index is 13.6. The first-order chi connectivity index (χ1) is 9.66. The van der Waals surface area contributed by atoms with Crippen LogP contribution in [-0.2, 0) is 9.47 Å². The lowest BCUT2D eigenvalue weighted by Gasteiger charge is -2.26. The van der Waals surface area contributed by atoms with Crippen LogP contribution in [0.1, 0.15) is 12.8 Å². The third kappa shape index (κ3) is 4.44. The molecule has 1 fully saturated rings. The summed E-state index contributed by atoms with van der Waals surface area (Å²) in [4.78, 5) is 1.70. The maximum absolute atomic E-state index is 13.6. The van der Waals surface area contributed by atoms with E-state index in [1.807, 2.05) is 0 Å². The van der Waals surface area contributed by atoms with Gasteiger partial charge in [0.05, 0.1) is 24.5 Å². The van der Waals surface area contributed by atoms with Crippen LogP contribution in [0.15, 0.2) is 24.3 Å². The number of aliphatic hydroxyl groups is 1. The summed E-state index contributed by atoms with van der Waals surface area (Å²) >= 11 is 0. The Balaban J connectivity index is 1.76. The molecule has 0 saturated carbocycles. The molecular weight excluding hydrogens is 261 g/mol. The van der Waals surface area contributed by atoms with Crippen LogP contribution in [-0.4, -0.2) is 50.7 Å². The van der Waals surface area contributed by atoms with Gasteiger partial charge in [0.2, 0.25) is 0 Å². The molecule has 1 unspecified atom stereocenters. The molecule has 0 spiro atoms. The fourth-order valence-corrected chi connectivity index (χ4v) is 2.32. The summed E-state index contributed by atoms with van der Waals surface area (Å²) in [5.74, 6) is -0.285. The number of likely N-dealkylation sites (N-methyl/N-ethyl adjacent to an activating group) is 1. The predicted octanol–water partition coefficient (Wildman–Crippen LogP) is 1.82. The van der Waals surface area contributed by atoms with Gasteiger partial charge in [-0.05, 0) is 25.0 Å². The van der Waals surface area contributed by atoms with Crippen molar-refractivity contribution in [2.45, 2.75) is 25.0 Å². The SMILES string of the molecule is CN(CC(O)COC1CCOCC1)c1ccccc1F. The topological polar surface area (TPSA) is 41.9 Å². The first kappa shape index (κ1) is 15.2. The predicted molar refractivity (Wildman–Crippen MR) is 75.5 cm³/mol. The largest absolute Gasteiger partial charge is 0.389 e. The summed E-state index contributed by atoms with van der Waals surface area (Å²) in [6.45, 7) is 2.04. The minimum Gasteiger partial charge on any atom is -0.389 e. The van der Waals surface area contributed by atoms with Crippen LogP contribution in [0.3, 0.4) is 0 Å². The van der Waals surface area contributed by atoms with Gasteiger partial charge < -0.3 is 19.5 Å². The summed E-state index contributed by atoms with van der Waals surface area (Å²) < 4.78 is 24.5. The van der Waals surface area contributed by atoms with Gasteiger partial charge in [-0.25, -0.2) is 4.39 Å². The number of para-hydroxylation sites is 1. The Hall–Kier alpha value is -1.17. The van der Waals surface area contributed by atoms with Gasteiger partial charge in [0, 0.05) is 26.8 Å². The lowest BCUT2D eigenvalue weighted by molar-refractivity contribution is -0.0574. The monoisotopic (exact) mass is 283 g/mol. The van der Waals surface area contributed by atoms with Gasteiger partial charge in [-0.15, -0.1) is 0 Å². The summed E-state index contributed by atoms with van der Waals surface area (Å²) in [6.07, 6.45) is 1.27. The second-order valence-electron chi connectivity index (χ2n) is 5.13. The van der Waals surface area contributed by atoms with E-state index in [-0.39, 0.29) is 18.5 Å². The third-order valence-corrected chi connectivity index (χ3v) is 3.44. The van der Waals surface area contributed by atoms with Crippen molar-refractivity contribution in [2.75, 3.05) is 38.3 Å². The zero-order valence-corrected chi connectivity index (χ0v) is 11.8. The van der Waals surface area contributed by atoms with Gasteiger partial charge in [0.1, 0.15) is 5.82 Å². The number of nitrogens with zero attached hydrogens (tertiary/aromatic N) is 1. The van der Waals surface area contributed by atoms with Gasteiger partial charge >= 0.3 is 0 Å². The van der Waals surface area contributed by atoms with Crippen LogP contribution in [0.5, 0.6) is 0 Å². The van der Waals surface area contributed by atoms with Gasteiger partial charge in [0.25, 0.3) is 0 Å². The number of ether oxygens (including phenoxy) is 2. The molecule has 20 heavy (non-hydrogen) atoms. The number of hydrogen-bond donors (Lipinski definition) is 1. The summed E-state index contributed by atoms with van der Waals surface area (Å²) in [7, 11) is 1.76. The average Bonchev–Trinajstić information content (AvgIpc) is 2.46. The Morgan fingerprint density at radius 1 is 1.40 bits per heavy atom. The lowest BCUT2D eigenvalue weighted by atomic mass is 10.1. The molecule has 1 heterocycles. The molecule has 112 valence electrons. The van der Waals surface area contributed by atoms with Crippen LogP contribution >= 0.6 is 0 Å². The van der Waals surface area contributed by atoms with E-state index in [1.165, 1.54) is 6.07 Å². The molecular formula is C15H22FNO3. The molecule has 1 atom stereocenters. The molecule has 0 aliphatic carbocycles. The number of anilines is 1. The highest BCUT2D eigenvalue weighted by Crippen LogP contribution is 2.17. The standard InChI is InChI=1S/C15H22FNO3/c1-17(15-5-3-2-4-14(15)16)10-12(18)11-20-13-6-8-19-9-7-13/h2-5,12-13,18H,6-11H2,1H3. The van der Waals surface area contributed by atoms with Gasteiger partial charge in [-0.3, -0.25) is 0 Å². The van der Waals surface area contributed by atoms with Crippen LogP contribution in [0.25, 0.3) is 0 Å². The Morgan fingerprint density at radius 2 is 2.10 bits per heavy atom.